The van der Waals surface area contributed by atoms with E-state index in [1.165, 1.54) is 13.0 Å². The molecule has 0 amide bonds. The zero-order valence-corrected chi connectivity index (χ0v) is 10.0. The zero-order valence-electron chi connectivity index (χ0n) is 9.27. The maximum atomic E-state index is 10.9. The molecule has 1 N–H and O–H groups in total. The molecule has 0 fully saturated rings. The van der Waals surface area contributed by atoms with Crippen LogP contribution in [0.15, 0.2) is 42.5 Å². The van der Waals surface area contributed by atoms with Crippen molar-refractivity contribution in [3.8, 4) is 0 Å². The molecule has 0 aromatic heterocycles. The van der Waals surface area contributed by atoms with E-state index in [2.05, 4.69) is 0 Å². The predicted molar refractivity (Wildman–Crippen MR) is 70.2 cm³/mol. The van der Waals surface area contributed by atoms with Crippen LogP contribution in [-0.4, -0.2) is 10.9 Å². The van der Waals surface area contributed by atoms with Gasteiger partial charge in [-0.05, 0) is 35.9 Å². The van der Waals surface area contributed by atoms with Gasteiger partial charge in [0.15, 0.2) is 5.78 Å². The van der Waals surface area contributed by atoms with Crippen LogP contribution in [0.25, 0.3) is 16.5 Å². The quantitative estimate of drug-likeness (QED) is 0.643. The summed E-state index contributed by atoms with van der Waals surface area (Å²) in [5.41, 5.74) is 0.620. The molecule has 86 valence electrons. The molecule has 0 saturated heterocycles. The van der Waals surface area contributed by atoms with E-state index in [0.717, 1.165) is 10.8 Å². The van der Waals surface area contributed by atoms with Crippen molar-refractivity contribution in [3.63, 3.8) is 0 Å². The van der Waals surface area contributed by atoms with Gasteiger partial charge in [0.1, 0.15) is 5.76 Å². The number of rotatable bonds is 2. The highest BCUT2D eigenvalue weighted by Gasteiger charge is 2.02. The Labute approximate surface area is 104 Å². The Morgan fingerprint density at radius 1 is 1.18 bits per heavy atom. The van der Waals surface area contributed by atoms with E-state index in [1.54, 1.807) is 12.1 Å². The third-order valence-corrected chi connectivity index (χ3v) is 2.67. The van der Waals surface area contributed by atoms with Crippen molar-refractivity contribution < 1.29 is 9.90 Å². The Morgan fingerprint density at radius 3 is 2.53 bits per heavy atom. The van der Waals surface area contributed by atoms with Crippen molar-refractivity contribution in [2.45, 2.75) is 6.92 Å². The Bertz CT molecular complexity index is 615. The standard InChI is InChI=1S/C14H11ClO2/c1-9(16)6-14(17)12-3-2-11-8-13(15)5-4-10(11)7-12/h2-8,17H,1H3. The first-order valence-corrected chi connectivity index (χ1v) is 5.55. The number of halogens is 1. The molecule has 0 unspecified atom stereocenters. The van der Waals surface area contributed by atoms with Crippen molar-refractivity contribution in [1.29, 1.82) is 0 Å². The van der Waals surface area contributed by atoms with Gasteiger partial charge in [0.25, 0.3) is 0 Å². The SMILES string of the molecule is CC(=O)C=C(O)c1ccc2cc(Cl)ccc2c1. The second-order valence-electron chi connectivity index (χ2n) is 3.85. The number of hydrogen-bond donors (Lipinski definition) is 1. The molecule has 0 heterocycles. The van der Waals surface area contributed by atoms with Gasteiger partial charge in [-0.15, -0.1) is 0 Å². The van der Waals surface area contributed by atoms with E-state index >= 15 is 0 Å². The highest BCUT2D eigenvalue weighted by Crippen LogP contribution is 2.23. The fourth-order valence-corrected chi connectivity index (χ4v) is 1.83. The van der Waals surface area contributed by atoms with Crippen LogP contribution in [0.3, 0.4) is 0 Å². The summed E-state index contributed by atoms with van der Waals surface area (Å²) < 4.78 is 0. The van der Waals surface area contributed by atoms with Gasteiger partial charge in [-0.25, -0.2) is 0 Å². The Morgan fingerprint density at radius 2 is 1.82 bits per heavy atom. The molecule has 2 rings (SSSR count). The summed E-state index contributed by atoms with van der Waals surface area (Å²) in [6.07, 6.45) is 1.21. The number of aliphatic hydroxyl groups excluding tert-OH is 1. The minimum atomic E-state index is -0.182. The molecule has 0 atom stereocenters. The van der Waals surface area contributed by atoms with Gasteiger partial charge >= 0.3 is 0 Å². The van der Waals surface area contributed by atoms with Crippen LogP contribution in [0.1, 0.15) is 12.5 Å². The maximum Gasteiger partial charge on any atom is 0.156 e. The Hall–Kier alpha value is -1.80. The number of benzene rings is 2. The third-order valence-electron chi connectivity index (χ3n) is 2.44. The molecular weight excluding hydrogens is 236 g/mol. The van der Waals surface area contributed by atoms with Crippen LogP contribution in [0.2, 0.25) is 5.02 Å². The number of fused-ring (bicyclic) bond motifs is 1. The highest BCUT2D eigenvalue weighted by atomic mass is 35.5. The molecule has 0 aliphatic rings. The monoisotopic (exact) mass is 246 g/mol. The van der Waals surface area contributed by atoms with Crippen molar-refractivity contribution >= 4 is 33.9 Å². The van der Waals surface area contributed by atoms with Gasteiger partial charge in [0, 0.05) is 16.7 Å². The lowest BCUT2D eigenvalue weighted by Gasteiger charge is -2.03. The van der Waals surface area contributed by atoms with Crippen LogP contribution in [0, 0.1) is 0 Å². The third kappa shape index (κ3) is 2.66. The van der Waals surface area contributed by atoms with Gasteiger partial charge in [-0.1, -0.05) is 29.8 Å². The largest absolute Gasteiger partial charge is 0.507 e. The minimum absolute atomic E-state index is 0.0191. The van der Waals surface area contributed by atoms with Gasteiger partial charge in [-0.2, -0.15) is 0 Å². The molecule has 0 spiro atoms. The highest BCUT2D eigenvalue weighted by molar-refractivity contribution is 6.31. The van der Waals surface area contributed by atoms with Crippen molar-refractivity contribution in [2.24, 2.45) is 0 Å². The Balaban J connectivity index is 2.52. The van der Waals surface area contributed by atoms with Crippen LogP contribution in [-0.2, 0) is 4.79 Å². The molecule has 0 bridgehead atoms. The zero-order chi connectivity index (χ0) is 12.4. The minimum Gasteiger partial charge on any atom is -0.507 e. The van der Waals surface area contributed by atoms with E-state index in [4.69, 9.17) is 11.6 Å². The molecular formula is C14H11ClO2. The van der Waals surface area contributed by atoms with E-state index in [1.807, 2.05) is 24.3 Å². The fraction of sp³-hybridized carbons (Fsp3) is 0.0714. The summed E-state index contributed by atoms with van der Waals surface area (Å²) >= 11 is 5.88. The van der Waals surface area contributed by atoms with Gasteiger partial charge in [-0.3, -0.25) is 4.79 Å². The Kier molecular flexibility index (Phi) is 3.16. The molecule has 0 saturated carbocycles. The first-order chi connectivity index (χ1) is 8.06. The average Bonchev–Trinajstić information content (AvgIpc) is 2.27. The summed E-state index contributed by atoms with van der Waals surface area (Å²) in [5.74, 6) is -0.201. The van der Waals surface area contributed by atoms with Gasteiger partial charge in [0.2, 0.25) is 0 Å². The summed E-state index contributed by atoms with van der Waals surface area (Å²) in [6, 6.07) is 11.0. The topological polar surface area (TPSA) is 37.3 Å². The second-order valence-corrected chi connectivity index (χ2v) is 4.28. The van der Waals surface area contributed by atoms with Crippen LogP contribution in [0.4, 0.5) is 0 Å². The van der Waals surface area contributed by atoms with Crippen molar-refractivity contribution in [1.82, 2.24) is 0 Å². The van der Waals surface area contributed by atoms with Crippen molar-refractivity contribution in [3.05, 3.63) is 53.1 Å². The second kappa shape index (κ2) is 4.60. The lowest BCUT2D eigenvalue weighted by Crippen LogP contribution is -1.88. The van der Waals surface area contributed by atoms with Gasteiger partial charge < -0.3 is 5.11 Å². The summed E-state index contributed by atoms with van der Waals surface area (Å²) in [5, 5.41) is 12.4. The van der Waals surface area contributed by atoms with Crippen LogP contribution in [0.5, 0.6) is 0 Å². The molecule has 17 heavy (non-hydrogen) atoms. The smallest absolute Gasteiger partial charge is 0.156 e. The van der Waals surface area contributed by atoms with E-state index in [9.17, 15) is 9.90 Å². The maximum absolute atomic E-state index is 10.9. The summed E-state index contributed by atoms with van der Waals surface area (Å²) in [6.45, 7) is 1.40. The average molecular weight is 247 g/mol. The number of carbonyl (C=O) groups is 1. The summed E-state index contributed by atoms with van der Waals surface area (Å²) in [7, 11) is 0. The fourth-order valence-electron chi connectivity index (χ4n) is 1.65. The summed E-state index contributed by atoms with van der Waals surface area (Å²) in [4.78, 5) is 10.9. The first-order valence-electron chi connectivity index (χ1n) is 5.17. The predicted octanol–water partition coefficient (Wildman–Crippen LogP) is 3.98. The van der Waals surface area contributed by atoms with Crippen molar-refractivity contribution in [2.75, 3.05) is 0 Å². The van der Waals surface area contributed by atoms with E-state index in [-0.39, 0.29) is 11.5 Å². The lowest BCUT2D eigenvalue weighted by atomic mass is 10.1. The van der Waals surface area contributed by atoms with Crippen LogP contribution >= 0.6 is 11.6 Å². The number of hydrogen-bond acceptors (Lipinski definition) is 2. The first kappa shape index (κ1) is 11.7. The molecule has 0 aliphatic heterocycles. The number of carbonyl (C=O) groups excluding carboxylic acids is 1. The lowest BCUT2D eigenvalue weighted by molar-refractivity contribution is -0.112. The van der Waals surface area contributed by atoms with Gasteiger partial charge in [0.05, 0.1) is 0 Å². The number of aliphatic hydroxyl groups is 1. The normalized spacial score (nSPS) is 11.8. The van der Waals surface area contributed by atoms with E-state index < -0.39 is 0 Å². The molecule has 0 radical (unpaired) electrons. The number of ketones is 1. The molecule has 0 aliphatic carbocycles. The molecule has 2 nitrogen and oxygen atoms in total. The molecule has 2 aromatic rings. The molecule has 3 heteroatoms. The molecule has 2 aromatic carbocycles. The van der Waals surface area contributed by atoms with E-state index in [0.29, 0.717) is 10.6 Å². The van der Waals surface area contributed by atoms with Crippen LogP contribution < -0.4 is 0 Å². The number of allylic oxidation sites excluding steroid dienone is 1.